The monoisotopic (exact) mass is 335 g/mol. The average molecular weight is 336 g/mol. The van der Waals surface area contributed by atoms with E-state index in [0.717, 1.165) is 33.3 Å². The Kier molecular flexibility index (Phi) is 4.73. The van der Waals surface area contributed by atoms with Crippen molar-refractivity contribution in [2.24, 2.45) is 5.73 Å². The number of aryl methyl sites for hydroxylation is 2. The largest absolute Gasteiger partial charge is 0.424 e. The molecule has 2 rings (SSSR count). The summed E-state index contributed by atoms with van der Waals surface area (Å²) in [5.41, 5.74) is 8.99. The third-order valence-electron chi connectivity index (χ3n) is 2.86. The smallest absolute Gasteiger partial charge is 0.321 e. The Hall–Kier alpha value is -1.46. The van der Waals surface area contributed by atoms with Gasteiger partial charge in [0.2, 0.25) is 0 Å². The molecule has 1 aromatic carbocycles. The summed E-state index contributed by atoms with van der Waals surface area (Å²) in [6.07, 6.45) is 4.27. The molecule has 0 spiro atoms. The highest BCUT2D eigenvalue weighted by Gasteiger charge is 2.06. The molecule has 1 aromatic heterocycles. The molecule has 0 radical (unpaired) electrons. The zero-order valence-electron chi connectivity index (χ0n) is 11.9. The Morgan fingerprint density at radius 2 is 1.75 bits per heavy atom. The van der Waals surface area contributed by atoms with Gasteiger partial charge < -0.3 is 10.5 Å². The molecule has 5 heteroatoms. The fourth-order valence-corrected chi connectivity index (χ4v) is 2.17. The van der Waals surface area contributed by atoms with Crippen LogP contribution >= 0.6 is 15.9 Å². The lowest BCUT2D eigenvalue weighted by Crippen LogP contribution is -2.17. The van der Waals surface area contributed by atoms with Crippen LogP contribution in [0.15, 0.2) is 29.0 Å². The van der Waals surface area contributed by atoms with Gasteiger partial charge in [-0.2, -0.15) is 0 Å². The van der Waals surface area contributed by atoms with E-state index in [-0.39, 0.29) is 6.04 Å². The van der Waals surface area contributed by atoms with Crippen molar-refractivity contribution in [1.29, 1.82) is 0 Å². The Bertz CT molecular complexity index is 574. The first-order chi connectivity index (χ1) is 9.45. The van der Waals surface area contributed by atoms with Crippen molar-refractivity contribution < 1.29 is 4.74 Å². The maximum Gasteiger partial charge on any atom is 0.321 e. The number of nitrogens with zero attached hydrogens (tertiary/aromatic N) is 2. The van der Waals surface area contributed by atoms with Gasteiger partial charge >= 0.3 is 6.01 Å². The van der Waals surface area contributed by atoms with E-state index >= 15 is 0 Å². The van der Waals surface area contributed by atoms with Crippen molar-refractivity contribution in [3.8, 4) is 11.8 Å². The van der Waals surface area contributed by atoms with E-state index < -0.39 is 0 Å². The van der Waals surface area contributed by atoms with Crippen molar-refractivity contribution in [2.75, 3.05) is 0 Å². The number of nitrogens with two attached hydrogens (primary N) is 1. The van der Waals surface area contributed by atoms with Crippen molar-refractivity contribution in [3.05, 3.63) is 45.7 Å². The highest BCUT2D eigenvalue weighted by Crippen LogP contribution is 2.28. The van der Waals surface area contributed by atoms with Crippen LogP contribution in [0.4, 0.5) is 0 Å². The van der Waals surface area contributed by atoms with Crippen LogP contribution in [0.3, 0.4) is 0 Å². The molecule has 4 nitrogen and oxygen atoms in total. The van der Waals surface area contributed by atoms with Gasteiger partial charge in [-0.1, -0.05) is 15.9 Å². The van der Waals surface area contributed by atoms with Gasteiger partial charge in [0.15, 0.2) is 0 Å². The van der Waals surface area contributed by atoms with Gasteiger partial charge in [0.25, 0.3) is 0 Å². The first-order valence-corrected chi connectivity index (χ1v) is 7.26. The molecule has 0 aliphatic carbocycles. The summed E-state index contributed by atoms with van der Waals surface area (Å²) in [6, 6.07) is 4.36. The predicted molar refractivity (Wildman–Crippen MR) is 83.1 cm³/mol. The van der Waals surface area contributed by atoms with E-state index in [1.54, 1.807) is 12.4 Å². The van der Waals surface area contributed by atoms with Gasteiger partial charge in [-0.3, -0.25) is 0 Å². The summed E-state index contributed by atoms with van der Waals surface area (Å²) in [4.78, 5) is 8.42. The predicted octanol–water partition coefficient (Wildman–Crippen LogP) is 3.54. The Morgan fingerprint density at radius 3 is 2.25 bits per heavy atom. The summed E-state index contributed by atoms with van der Waals surface area (Å²) in [5.74, 6) is 0.739. The van der Waals surface area contributed by atoms with E-state index in [2.05, 4.69) is 25.9 Å². The van der Waals surface area contributed by atoms with Crippen LogP contribution in [-0.2, 0) is 6.42 Å². The zero-order chi connectivity index (χ0) is 14.7. The van der Waals surface area contributed by atoms with Crippen LogP contribution in [0.5, 0.6) is 11.8 Å². The third kappa shape index (κ3) is 3.77. The Labute approximate surface area is 127 Å². The van der Waals surface area contributed by atoms with Crippen molar-refractivity contribution >= 4 is 15.9 Å². The van der Waals surface area contributed by atoms with Crippen LogP contribution in [0.1, 0.15) is 23.6 Å². The van der Waals surface area contributed by atoms with Crippen LogP contribution in [0.2, 0.25) is 0 Å². The number of aromatic nitrogens is 2. The lowest BCUT2D eigenvalue weighted by molar-refractivity contribution is 0.440. The normalized spacial score (nSPS) is 12.2. The molecule has 1 atom stereocenters. The number of benzene rings is 1. The minimum Gasteiger partial charge on any atom is -0.424 e. The number of hydrogen-bond donors (Lipinski definition) is 1. The summed E-state index contributed by atoms with van der Waals surface area (Å²) in [7, 11) is 0. The summed E-state index contributed by atoms with van der Waals surface area (Å²) >= 11 is 3.53. The van der Waals surface area contributed by atoms with Gasteiger partial charge in [0.05, 0.1) is 0 Å². The first kappa shape index (κ1) is 14.9. The lowest BCUT2D eigenvalue weighted by atomic mass is 10.1. The van der Waals surface area contributed by atoms with Gasteiger partial charge in [-0.05, 0) is 56.0 Å². The summed E-state index contributed by atoms with van der Waals surface area (Å²) < 4.78 is 6.78. The second-order valence-corrected chi connectivity index (χ2v) is 5.82. The van der Waals surface area contributed by atoms with E-state index in [9.17, 15) is 0 Å². The van der Waals surface area contributed by atoms with Crippen LogP contribution < -0.4 is 10.5 Å². The maximum atomic E-state index is 5.74. The molecule has 1 heterocycles. The number of halogens is 1. The van der Waals surface area contributed by atoms with Crippen LogP contribution in [-0.4, -0.2) is 16.0 Å². The topological polar surface area (TPSA) is 61.0 Å². The van der Waals surface area contributed by atoms with E-state index in [1.165, 1.54) is 0 Å². The second-order valence-electron chi connectivity index (χ2n) is 5.03. The molecular formula is C15H18BrN3O. The van der Waals surface area contributed by atoms with Crippen LogP contribution in [0, 0.1) is 13.8 Å². The number of rotatable bonds is 4. The highest BCUT2D eigenvalue weighted by atomic mass is 79.9. The zero-order valence-corrected chi connectivity index (χ0v) is 13.4. The molecule has 0 saturated carbocycles. The number of ether oxygens (including phenoxy) is 1. The van der Waals surface area contributed by atoms with Gasteiger partial charge in [0.1, 0.15) is 5.75 Å². The molecule has 2 N–H and O–H groups in total. The SMILES string of the molecule is Cc1cc(Oc2ncc(CC(C)N)cn2)cc(C)c1Br. The minimum atomic E-state index is 0.0992. The summed E-state index contributed by atoms with van der Waals surface area (Å²) in [5, 5.41) is 0. The van der Waals surface area contributed by atoms with Gasteiger partial charge in [-0.15, -0.1) is 0 Å². The minimum absolute atomic E-state index is 0.0992. The highest BCUT2D eigenvalue weighted by molar-refractivity contribution is 9.10. The fourth-order valence-electron chi connectivity index (χ4n) is 1.94. The van der Waals surface area contributed by atoms with Crippen LogP contribution in [0.25, 0.3) is 0 Å². The van der Waals surface area contributed by atoms with Crippen molar-refractivity contribution in [2.45, 2.75) is 33.2 Å². The molecule has 2 aromatic rings. The van der Waals surface area contributed by atoms with E-state index in [4.69, 9.17) is 10.5 Å². The third-order valence-corrected chi connectivity index (χ3v) is 4.11. The molecule has 0 aliphatic rings. The van der Waals surface area contributed by atoms with E-state index in [1.807, 2.05) is 32.9 Å². The molecule has 0 aliphatic heterocycles. The molecule has 0 fully saturated rings. The fraction of sp³-hybridized carbons (Fsp3) is 0.333. The standard InChI is InChI=1S/C15H18BrN3O/c1-9-4-13(5-10(2)14(9)16)20-15-18-7-12(8-19-15)6-11(3)17/h4-5,7-8,11H,6,17H2,1-3H3. The Balaban J connectivity index is 2.14. The van der Waals surface area contributed by atoms with E-state index in [0.29, 0.717) is 6.01 Å². The molecule has 0 amide bonds. The van der Waals surface area contributed by atoms with Gasteiger partial charge in [-0.25, -0.2) is 9.97 Å². The second kappa shape index (κ2) is 6.33. The Morgan fingerprint density at radius 1 is 1.20 bits per heavy atom. The molecule has 0 bridgehead atoms. The first-order valence-electron chi connectivity index (χ1n) is 6.47. The van der Waals surface area contributed by atoms with Gasteiger partial charge in [0, 0.05) is 22.9 Å². The molecule has 106 valence electrons. The molecular weight excluding hydrogens is 318 g/mol. The maximum absolute atomic E-state index is 5.74. The quantitative estimate of drug-likeness (QED) is 0.928. The summed E-state index contributed by atoms with van der Waals surface area (Å²) in [6.45, 7) is 6.00. The molecule has 0 saturated heterocycles. The molecule has 1 unspecified atom stereocenters. The van der Waals surface area contributed by atoms with Crippen molar-refractivity contribution in [1.82, 2.24) is 9.97 Å². The molecule has 20 heavy (non-hydrogen) atoms. The van der Waals surface area contributed by atoms with Crippen molar-refractivity contribution in [3.63, 3.8) is 0 Å². The average Bonchev–Trinajstić information content (AvgIpc) is 2.37. The lowest BCUT2D eigenvalue weighted by Gasteiger charge is -2.09. The number of hydrogen-bond acceptors (Lipinski definition) is 4.